The minimum absolute atomic E-state index is 0.0203. The first-order valence-corrected chi connectivity index (χ1v) is 16.3. The summed E-state index contributed by atoms with van der Waals surface area (Å²) < 4.78 is 23.8. The number of aromatic nitrogens is 1. The van der Waals surface area contributed by atoms with E-state index in [-0.39, 0.29) is 41.9 Å². The average molecular weight is 655 g/mol. The van der Waals surface area contributed by atoms with Crippen molar-refractivity contribution in [2.24, 2.45) is 0 Å². The lowest BCUT2D eigenvalue weighted by molar-refractivity contribution is -0.0999. The molecule has 12 nitrogen and oxygen atoms in total. The number of nitrogens with one attached hydrogen (secondary N) is 2. The molecule has 0 radical (unpaired) electrons. The van der Waals surface area contributed by atoms with Gasteiger partial charge in [0.2, 0.25) is 5.75 Å². The van der Waals surface area contributed by atoms with E-state index in [0.717, 1.165) is 36.1 Å². The first-order chi connectivity index (χ1) is 22.6. The Morgan fingerprint density at radius 2 is 1.81 bits per heavy atom. The van der Waals surface area contributed by atoms with Crippen molar-refractivity contribution in [2.45, 2.75) is 82.8 Å². The summed E-state index contributed by atoms with van der Waals surface area (Å²) in [5.41, 5.74) is 8.63. The van der Waals surface area contributed by atoms with Crippen LogP contribution in [0.2, 0.25) is 0 Å². The Labute approximate surface area is 276 Å². The van der Waals surface area contributed by atoms with E-state index in [1.54, 1.807) is 37.4 Å². The number of benzene rings is 2. The predicted molar refractivity (Wildman–Crippen MR) is 179 cm³/mol. The van der Waals surface area contributed by atoms with Crippen LogP contribution in [0.4, 0.5) is 5.82 Å². The maximum Gasteiger partial charge on any atom is 0.200 e. The van der Waals surface area contributed by atoms with Crippen LogP contribution in [0.5, 0.6) is 28.7 Å². The molecule has 258 valence electrons. The van der Waals surface area contributed by atoms with Crippen molar-refractivity contribution in [3.8, 4) is 28.7 Å². The number of pyridine rings is 1. The van der Waals surface area contributed by atoms with Gasteiger partial charge in [0.1, 0.15) is 19.2 Å². The summed E-state index contributed by atoms with van der Waals surface area (Å²) in [7, 11) is 1.49. The quantitative estimate of drug-likeness (QED) is 0.0784. The molecular formula is C35H50N4O8. The molecule has 5 atom stereocenters. The Morgan fingerprint density at radius 1 is 1.02 bits per heavy atom. The Hall–Kier alpha value is -3.81. The van der Waals surface area contributed by atoms with Crippen LogP contribution in [0.15, 0.2) is 48.7 Å². The molecule has 0 aliphatic carbocycles. The van der Waals surface area contributed by atoms with Crippen LogP contribution in [0, 0.1) is 0 Å². The van der Waals surface area contributed by atoms with Crippen molar-refractivity contribution >= 4 is 5.82 Å². The minimum atomic E-state index is -0.568. The van der Waals surface area contributed by atoms with Gasteiger partial charge in [-0.3, -0.25) is 5.32 Å². The normalized spacial score (nSPS) is 19.2. The second-order valence-corrected chi connectivity index (χ2v) is 12.1. The Kier molecular flexibility index (Phi) is 13.7. The van der Waals surface area contributed by atoms with E-state index in [1.165, 1.54) is 7.11 Å². The van der Waals surface area contributed by atoms with Crippen molar-refractivity contribution in [1.82, 2.24) is 15.6 Å². The van der Waals surface area contributed by atoms with Crippen LogP contribution in [-0.4, -0.2) is 83.3 Å². The lowest BCUT2D eigenvalue weighted by Gasteiger charge is -2.34. The third-order valence-electron chi connectivity index (χ3n) is 8.14. The van der Waals surface area contributed by atoms with E-state index >= 15 is 0 Å². The number of hydrogen-bond donors (Lipinski definition) is 7. The molecule has 3 aromatic rings. The first kappa shape index (κ1) is 36.0. The molecule has 0 spiro atoms. The van der Waals surface area contributed by atoms with Gasteiger partial charge in [0.25, 0.3) is 0 Å². The molecule has 1 aliphatic heterocycles. The van der Waals surface area contributed by atoms with Gasteiger partial charge in [-0.15, -0.1) is 0 Å². The van der Waals surface area contributed by atoms with Crippen LogP contribution in [0.3, 0.4) is 0 Å². The Morgan fingerprint density at radius 3 is 2.55 bits per heavy atom. The van der Waals surface area contributed by atoms with E-state index in [9.17, 15) is 20.4 Å². The van der Waals surface area contributed by atoms with Crippen molar-refractivity contribution in [2.75, 3.05) is 39.3 Å². The zero-order valence-electron chi connectivity index (χ0n) is 27.5. The third kappa shape index (κ3) is 11.1. The smallest absolute Gasteiger partial charge is 0.200 e. The lowest BCUT2D eigenvalue weighted by Crippen LogP contribution is -2.35. The van der Waals surface area contributed by atoms with Gasteiger partial charge >= 0.3 is 0 Å². The number of aliphatic hydroxyl groups excluding tert-OH is 2. The predicted octanol–water partition coefficient (Wildman–Crippen LogP) is 3.59. The molecule has 1 aliphatic rings. The molecule has 8 N–H and O–H groups in total. The van der Waals surface area contributed by atoms with Crippen LogP contribution < -0.4 is 30.6 Å². The average Bonchev–Trinajstić information content (AvgIpc) is 3.04. The number of nitrogen functional groups attached to an aromatic ring is 1. The van der Waals surface area contributed by atoms with Gasteiger partial charge in [-0.2, -0.15) is 0 Å². The van der Waals surface area contributed by atoms with Crippen molar-refractivity contribution in [1.29, 1.82) is 0 Å². The molecule has 2 aromatic carbocycles. The molecular weight excluding hydrogens is 604 g/mol. The molecule has 0 saturated carbocycles. The van der Waals surface area contributed by atoms with Crippen molar-refractivity contribution < 1.29 is 39.4 Å². The zero-order chi connectivity index (χ0) is 33.8. The number of rotatable bonds is 18. The van der Waals surface area contributed by atoms with Gasteiger partial charge in [-0.25, -0.2) is 4.98 Å². The maximum atomic E-state index is 10.9. The number of phenolic OH excluding ortho intramolecular Hbond substituents is 2. The number of likely N-dealkylation sites (N-methyl/N-ethyl adjacent to an activating group) is 1. The van der Waals surface area contributed by atoms with Crippen molar-refractivity contribution in [3.63, 3.8) is 0 Å². The number of phenols is 2. The monoisotopic (exact) mass is 654 g/mol. The highest BCUT2D eigenvalue weighted by molar-refractivity contribution is 5.53. The number of aliphatic hydroxyl groups is 2. The Balaban J connectivity index is 1.39. The molecule has 47 heavy (non-hydrogen) atoms. The van der Waals surface area contributed by atoms with Gasteiger partial charge in [0.05, 0.1) is 31.5 Å². The molecule has 2 heterocycles. The fourth-order valence-electron chi connectivity index (χ4n) is 5.71. The summed E-state index contributed by atoms with van der Waals surface area (Å²) in [4.78, 5) is 4.06. The zero-order valence-corrected chi connectivity index (χ0v) is 27.5. The summed E-state index contributed by atoms with van der Waals surface area (Å²) in [6.45, 7) is 5.32. The second-order valence-electron chi connectivity index (χ2n) is 12.1. The van der Waals surface area contributed by atoms with Gasteiger partial charge in [-0.1, -0.05) is 13.0 Å². The van der Waals surface area contributed by atoms with Gasteiger partial charge in [-0.05, 0) is 98.7 Å². The van der Waals surface area contributed by atoms with Gasteiger partial charge in [0, 0.05) is 25.2 Å². The number of nitrogens with zero attached hydrogens (tertiary/aromatic N) is 1. The third-order valence-corrected chi connectivity index (χ3v) is 8.14. The summed E-state index contributed by atoms with van der Waals surface area (Å²) in [6, 6.07) is 12.6. The molecule has 0 bridgehead atoms. The second kappa shape index (κ2) is 17.9. The van der Waals surface area contributed by atoms with E-state index in [4.69, 9.17) is 24.7 Å². The summed E-state index contributed by atoms with van der Waals surface area (Å²) in [6.07, 6.45) is 3.75. The lowest BCUT2D eigenvalue weighted by atomic mass is 9.93. The summed E-state index contributed by atoms with van der Waals surface area (Å²) in [5, 5.41) is 47.8. The van der Waals surface area contributed by atoms with E-state index < -0.39 is 18.3 Å². The first-order valence-electron chi connectivity index (χ1n) is 16.3. The minimum Gasteiger partial charge on any atom is -0.504 e. The Bertz CT molecular complexity index is 1410. The SMILES string of the molecule is CCN[C@H](CCc1ccnc(N)c1)COc1cc([C@@H]2C[C@@H](O)C[C@H](CCc3ccc(O)c(OCNC[C@H](C)O)c3)O2)cc(OC)c1O. The van der Waals surface area contributed by atoms with Crippen molar-refractivity contribution in [3.05, 3.63) is 65.4 Å². The fourth-order valence-corrected chi connectivity index (χ4v) is 5.71. The van der Waals surface area contributed by atoms with Gasteiger partial charge in [0.15, 0.2) is 23.0 Å². The van der Waals surface area contributed by atoms with Crippen LogP contribution in [-0.2, 0) is 17.6 Å². The summed E-state index contributed by atoms with van der Waals surface area (Å²) >= 11 is 0. The fraction of sp³-hybridized carbons (Fsp3) is 0.514. The van der Waals surface area contributed by atoms with Crippen LogP contribution in [0.1, 0.15) is 62.3 Å². The molecule has 0 amide bonds. The number of ether oxygens (including phenoxy) is 4. The van der Waals surface area contributed by atoms with E-state index in [2.05, 4.69) is 15.6 Å². The summed E-state index contributed by atoms with van der Waals surface area (Å²) in [5.74, 6) is 1.34. The highest BCUT2D eigenvalue weighted by Gasteiger charge is 2.31. The molecule has 4 rings (SSSR count). The number of aryl methyl sites for hydroxylation is 2. The largest absolute Gasteiger partial charge is 0.504 e. The number of aromatic hydroxyl groups is 2. The number of anilines is 1. The standard InChI is InChI=1S/C35H50N4O8/c1-4-38-26(8-5-24-11-12-39-34(36)14-24)20-45-33-16-25(15-32(44-3)35(33)43)30-18-27(41)17-28(47-30)9-6-23-7-10-29(42)31(13-23)46-21-37-19-22(2)40/h7,10-16,22,26-28,30,37-38,40-43H,4-6,8-9,17-21H2,1-3H3,(H2,36,39)/t22-,26+,27-,28-,30-/m0/s1. The van der Waals surface area contributed by atoms with E-state index in [0.29, 0.717) is 50.4 Å². The van der Waals surface area contributed by atoms with E-state index in [1.807, 2.05) is 25.1 Å². The number of hydrogen-bond acceptors (Lipinski definition) is 12. The van der Waals surface area contributed by atoms with Crippen LogP contribution in [0.25, 0.3) is 0 Å². The maximum absolute atomic E-state index is 10.9. The molecule has 1 saturated heterocycles. The number of nitrogens with two attached hydrogens (primary N) is 1. The molecule has 12 heteroatoms. The molecule has 0 unspecified atom stereocenters. The van der Waals surface area contributed by atoms with Gasteiger partial charge < -0.3 is 50.4 Å². The highest BCUT2D eigenvalue weighted by Crippen LogP contribution is 2.42. The topological polar surface area (TPSA) is 181 Å². The highest BCUT2D eigenvalue weighted by atomic mass is 16.5. The molecule has 1 aromatic heterocycles. The number of methoxy groups -OCH3 is 1. The van der Waals surface area contributed by atoms with Crippen LogP contribution >= 0.6 is 0 Å². The molecule has 1 fully saturated rings.